The van der Waals surface area contributed by atoms with Gasteiger partial charge in [0, 0.05) is 5.41 Å². The van der Waals surface area contributed by atoms with E-state index in [0.717, 1.165) is 45.5 Å². The Hall–Kier alpha value is -0.200. The summed E-state index contributed by atoms with van der Waals surface area (Å²) in [4.78, 5) is 0. The number of hydrogen-bond acceptors (Lipinski definition) is 5. The van der Waals surface area contributed by atoms with Crippen molar-refractivity contribution in [2.45, 2.75) is 44.0 Å². The molecule has 1 N–H and O–H groups in total. The smallest absolute Gasteiger partial charge is 0.104 e. The summed E-state index contributed by atoms with van der Waals surface area (Å²) in [5.74, 6) is 0. The van der Waals surface area contributed by atoms with Gasteiger partial charge in [0.2, 0.25) is 0 Å². The summed E-state index contributed by atoms with van der Waals surface area (Å²) >= 11 is 0. The van der Waals surface area contributed by atoms with E-state index < -0.39 is 0 Å². The summed E-state index contributed by atoms with van der Waals surface area (Å²) < 4.78 is 21.8. The lowest BCUT2D eigenvalue weighted by molar-refractivity contribution is -0.0613. The van der Waals surface area contributed by atoms with E-state index in [-0.39, 0.29) is 12.0 Å². The Morgan fingerprint density at radius 1 is 1.05 bits per heavy atom. The van der Waals surface area contributed by atoms with Crippen molar-refractivity contribution in [3.05, 3.63) is 0 Å². The zero-order chi connectivity index (χ0) is 13.1. The Bertz CT molecular complexity index is 280. The number of epoxide rings is 2. The van der Waals surface area contributed by atoms with E-state index in [9.17, 15) is 5.11 Å². The molecule has 2 heterocycles. The first-order valence-electron chi connectivity index (χ1n) is 7.33. The molecule has 3 fully saturated rings. The maximum atomic E-state index is 9.66. The third-order valence-corrected chi connectivity index (χ3v) is 4.36. The van der Waals surface area contributed by atoms with Crippen LogP contribution in [-0.4, -0.2) is 63.1 Å². The fourth-order valence-corrected chi connectivity index (χ4v) is 2.70. The van der Waals surface area contributed by atoms with E-state index in [4.69, 9.17) is 18.9 Å². The molecule has 5 heteroatoms. The zero-order valence-corrected chi connectivity index (χ0v) is 11.4. The van der Waals surface area contributed by atoms with Crippen molar-refractivity contribution in [3.63, 3.8) is 0 Å². The van der Waals surface area contributed by atoms with E-state index in [1.54, 1.807) is 0 Å². The van der Waals surface area contributed by atoms with Crippen LogP contribution in [0.4, 0.5) is 0 Å². The predicted octanol–water partition coefficient (Wildman–Crippen LogP) is 0.738. The van der Waals surface area contributed by atoms with Gasteiger partial charge in [-0.3, -0.25) is 0 Å². The van der Waals surface area contributed by atoms with Crippen LogP contribution in [0.25, 0.3) is 0 Å². The Kier molecular flexibility index (Phi) is 4.39. The molecule has 1 aliphatic carbocycles. The Morgan fingerprint density at radius 2 is 1.68 bits per heavy atom. The Morgan fingerprint density at radius 3 is 2.26 bits per heavy atom. The summed E-state index contributed by atoms with van der Waals surface area (Å²) in [6.45, 7) is 3.92. The highest BCUT2D eigenvalue weighted by molar-refractivity contribution is 4.86. The summed E-state index contributed by atoms with van der Waals surface area (Å²) in [5, 5.41) is 9.66. The molecule has 0 spiro atoms. The lowest BCUT2D eigenvalue weighted by Gasteiger charge is -2.38. The second kappa shape index (κ2) is 6.06. The van der Waals surface area contributed by atoms with Crippen LogP contribution in [-0.2, 0) is 18.9 Å². The molecule has 110 valence electrons. The van der Waals surface area contributed by atoms with Crippen molar-refractivity contribution < 1.29 is 24.1 Å². The van der Waals surface area contributed by atoms with E-state index in [1.165, 1.54) is 0 Å². The van der Waals surface area contributed by atoms with E-state index in [0.29, 0.717) is 31.5 Å². The number of aliphatic hydroxyl groups is 1. The molecule has 3 aliphatic rings. The van der Waals surface area contributed by atoms with Crippen LogP contribution in [0.3, 0.4) is 0 Å². The molecule has 0 bridgehead atoms. The first-order chi connectivity index (χ1) is 9.30. The van der Waals surface area contributed by atoms with Gasteiger partial charge in [0.1, 0.15) is 12.2 Å². The number of hydrogen-bond donors (Lipinski definition) is 1. The molecule has 1 saturated carbocycles. The first kappa shape index (κ1) is 13.8. The Balaban J connectivity index is 1.36. The van der Waals surface area contributed by atoms with E-state index in [1.807, 2.05) is 0 Å². The summed E-state index contributed by atoms with van der Waals surface area (Å²) in [6.07, 6.45) is 4.94. The second-order valence-corrected chi connectivity index (χ2v) is 6.12. The lowest BCUT2D eigenvalue weighted by atomic mass is 9.74. The van der Waals surface area contributed by atoms with Crippen LogP contribution >= 0.6 is 0 Å². The highest BCUT2D eigenvalue weighted by atomic mass is 16.6. The summed E-state index contributed by atoms with van der Waals surface area (Å²) in [7, 11) is 0. The molecule has 0 aromatic rings. The van der Waals surface area contributed by atoms with Crippen LogP contribution in [0.15, 0.2) is 0 Å². The van der Waals surface area contributed by atoms with Gasteiger partial charge in [-0.05, 0) is 25.7 Å². The molecule has 0 aromatic heterocycles. The van der Waals surface area contributed by atoms with Crippen molar-refractivity contribution in [2.75, 3.05) is 39.6 Å². The van der Waals surface area contributed by atoms with Crippen LogP contribution < -0.4 is 0 Å². The third-order valence-electron chi connectivity index (χ3n) is 4.36. The molecule has 0 amide bonds. The van der Waals surface area contributed by atoms with Gasteiger partial charge in [-0.15, -0.1) is 0 Å². The van der Waals surface area contributed by atoms with E-state index >= 15 is 0 Å². The minimum Gasteiger partial charge on any atom is -0.396 e. The number of rotatable bonds is 8. The minimum atomic E-state index is -0.0647. The molecule has 0 radical (unpaired) electrons. The highest BCUT2D eigenvalue weighted by Crippen LogP contribution is 2.37. The fourth-order valence-electron chi connectivity index (χ4n) is 2.70. The highest BCUT2D eigenvalue weighted by Gasteiger charge is 2.37. The average molecular weight is 272 g/mol. The number of ether oxygens (including phenoxy) is 4. The van der Waals surface area contributed by atoms with Crippen molar-refractivity contribution in [3.8, 4) is 0 Å². The van der Waals surface area contributed by atoms with Gasteiger partial charge < -0.3 is 24.1 Å². The fraction of sp³-hybridized carbons (Fsp3) is 1.00. The van der Waals surface area contributed by atoms with Crippen LogP contribution in [0.1, 0.15) is 25.7 Å². The maximum Gasteiger partial charge on any atom is 0.104 e. The van der Waals surface area contributed by atoms with Crippen molar-refractivity contribution in [1.82, 2.24) is 0 Å². The predicted molar refractivity (Wildman–Crippen MR) is 68.0 cm³/mol. The summed E-state index contributed by atoms with van der Waals surface area (Å²) in [6, 6.07) is 0. The van der Waals surface area contributed by atoms with Gasteiger partial charge in [0.15, 0.2) is 0 Å². The zero-order valence-electron chi connectivity index (χ0n) is 11.4. The molecular formula is C14H24O5. The Labute approximate surface area is 114 Å². The molecular weight excluding hydrogens is 248 g/mol. The van der Waals surface area contributed by atoms with Gasteiger partial charge in [-0.25, -0.2) is 0 Å². The lowest BCUT2D eigenvalue weighted by Crippen LogP contribution is -2.38. The number of aliphatic hydroxyl groups excluding tert-OH is 1. The van der Waals surface area contributed by atoms with Crippen LogP contribution in [0.2, 0.25) is 0 Å². The largest absolute Gasteiger partial charge is 0.396 e. The molecule has 3 rings (SSSR count). The van der Waals surface area contributed by atoms with E-state index in [2.05, 4.69) is 0 Å². The average Bonchev–Trinajstić information content (AvgIpc) is 3.32. The molecule has 5 nitrogen and oxygen atoms in total. The molecule has 0 aromatic carbocycles. The normalized spacial score (nSPS) is 41.2. The minimum absolute atomic E-state index is 0.0647. The van der Waals surface area contributed by atoms with Crippen LogP contribution in [0.5, 0.6) is 0 Å². The standard InChI is InChI=1S/C14H24O5/c15-9-14(10-16-5-12-6-18-12)3-1-11(2-4-14)17-7-13-8-19-13/h11-13,15H,1-10H2. The molecule has 2 aliphatic heterocycles. The summed E-state index contributed by atoms with van der Waals surface area (Å²) in [5.41, 5.74) is -0.0647. The van der Waals surface area contributed by atoms with Gasteiger partial charge in [0.05, 0.1) is 45.7 Å². The quantitative estimate of drug-likeness (QED) is 0.660. The molecule has 2 unspecified atom stereocenters. The van der Waals surface area contributed by atoms with Crippen molar-refractivity contribution in [1.29, 1.82) is 0 Å². The van der Waals surface area contributed by atoms with Crippen LogP contribution in [0, 0.1) is 5.41 Å². The van der Waals surface area contributed by atoms with Crippen molar-refractivity contribution in [2.24, 2.45) is 5.41 Å². The van der Waals surface area contributed by atoms with Crippen molar-refractivity contribution >= 4 is 0 Å². The SMILES string of the molecule is OCC1(COCC2CO2)CCC(OCC2CO2)CC1. The van der Waals surface area contributed by atoms with Gasteiger partial charge >= 0.3 is 0 Å². The van der Waals surface area contributed by atoms with Gasteiger partial charge in [-0.1, -0.05) is 0 Å². The second-order valence-electron chi connectivity index (χ2n) is 6.12. The molecule has 2 saturated heterocycles. The topological polar surface area (TPSA) is 63.8 Å². The van der Waals surface area contributed by atoms with Gasteiger partial charge in [0.25, 0.3) is 0 Å². The monoisotopic (exact) mass is 272 g/mol. The van der Waals surface area contributed by atoms with Gasteiger partial charge in [-0.2, -0.15) is 0 Å². The molecule has 19 heavy (non-hydrogen) atoms. The maximum absolute atomic E-state index is 9.66. The third kappa shape index (κ3) is 4.13. The molecule has 2 atom stereocenters. The first-order valence-corrected chi connectivity index (χ1v) is 7.33.